The Labute approximate surface area is 283 Å². The minimum absolute atomic E-state index is 0.109. The van der Waals surface area contributed by atoms with Crippen LogP contribution >= 0.6 is 11.3 Å². The number of piperidine rings is 2. The van der Waals surface area contributed by atoms with Crippen LogP contribution in [0, 0.1) is 5.92 Å². The van der Waals surface area contributed by atoms with Crippen molar-refractivity contribution in [2.45, 2.75) is 49.5 Å². The minimum atomic E-state index is -3.68. The summed E-state index contributed by atoms with van der Waals surface area (Å²) in [7, 11) is -1.81. The number of carbonyl (C=O) groups excluding carboxylic acids is 3. The van der Waals surface area contributed by atoms with E-state index in [9.17, 15) is 22.8 Å². The van der Waals surface area contributed by atoms with Crippen molar-refractivity contribution in [3.63, 3.8) is 0 Å². The van der Waals surface area contributed by atoms with Crippen LogP contribution in [0.3, 0.4) is 0 Å². The van der Waals surface area contributed by atoms with Gasteiger partial charge in [0.2, 0.25) is 21.8 Å². The largest absolute Gasteiger partial charge is 0.329 e. The molecule has 0 atom stereocenters. The molecule has 0 saturated carbocycles. The van der Waals surface area contributed by atoms with Gasteiger partial charge >= 0.3 is 6.03 Å². The highest BCUT2D eigenvalue weighted by Gasteiger charge is 2.33. The lowest BCUT2D eigenvalue weighted by Gasteiger charge is -2.32. The Morgan fingerprint density at radius 1 is 1.02 bits per heavy atom. The number of hydrogen-bond acceptors (Lipinski definition) is 9. The van der Waals surface area contributed by atoms with Crippen molar-refractivity contribution in [3.05, 3.63) is 65.2 Å². The van der Waals surface area contributed by atoms with Gasteiger partial charge in [-0.3, -0.25) is 29.4 Å². The number of imide groups is 1. The summed E-state index contributed by atoms with van der Waals surface area (Å²) in [5, 5.41) is 13.0. The number of aryl methyl sites for hydroxylation is 1. The molecule has 2 N–H and O–H groups in total. The van der Waals surface area contributed by atoms with E-state index < -0.39 is 16.1 Å². The zero-order valence-electron chi connectivity index (χ0n) is 26.7. The van der Waals surface area contributed by atoms with Crippen LogP contribution in [0.25, 0.3) is 10.9 Å². The van der Waals surface area contributed by atoms with E-state index in [0.717, 1.165) is 42.4 Å². The fourth-order valence-electron chi connectivity index (χ4n) is 6.96. The summed E-state index contributed by atoms with van der Waals surface area (Å²) < 4.78 is 30.4. The van der Waals surface area contributed by atoms with E-state index in [0.29, 0.717) is 55.9 Å². The zero-order chi connectivity index (χ0) is 33.4. The van der Waals surface area contributed by atoms with Gasteiger partial charge in [-0.2, -0.15) is 9.40 Å². The van der Waals surface area contributed by atoms with Gasteiger partial charge in [0, 0.05) is 62.5 Å². The molecule has 0 radical (unpaired) electrons. The Bertz CT molecular complexity index is 1950. The predicted molar refractivity (Wildman–Crippen MR) is 182 cm³/mol. The SMILES string of the molecule is Cn1nc(N2CCC(=O)NC2=O)c2ccc(C3CCN(Cc4cccc(S(=O)(=O)N5CCC(C(=O)Nc6nccs6)CC5)c4)CC3)cc21. The lowest BCUT2D eigenvalue weighted by atomic mass is 9.89. The van der Waals surface area contributed by atoms with Gasteiger partial charge in [-0.25, -0.2) is 18.2 Å². The highest BCUT2D eigenvalue weighted by atomic mass is 32.2. The second-order valence-corrected chi connectivity index (χ2v) is 15.5. The van der Waals surface area contributed by atoms with Crippen LogP contribution in [-0.4, -0.2) is 83.0 Å². The summed E-state index contributed by atoms with van der Waals surface area (Å²) in [6, 6.07) is 13.1. The normalized spacial score (nSPS) is 19.1. The summed E-state index contributed by atoms with van der Waals surface area (Å²) in [6.07, 6.45) is 4.76. The second kappa shape index (κ2) is 13.4. The van der Waals surface area contributed by atoms with Crippen LogP contribution in [0.2, 0.25) is 0 Å². The Balaban J connectivity index is 0.947. The number of amides is 4. The molecule has 7 rings (SSSR count). The van der Waals surface area contributed by atoms with Gasteiger partial charge in [-0.1, -0.05) is 18.2 Å². The summed E-state index contributed by atoms with van der Waals surface area (Å²) in [6.45, 7) is 3.34. The number of carbonyl (C=O) groups is 3. The molecule has 4 aromatic rings. The van der Waals surface area contributed by atoms with Gasteiger partial charge in [0.15, 0.2) is 10.9 Å². The number of benzene rings is 2. The molecule has 2 aromatic heterocycles. The topological polar surface area (TPSA) is 150 Å². The van der Waals surface area contributed by atoms with Crippen molar-refractivity contribution in [3.8, 4) is 0 Å². The molecule has 252 valence electrons. The van der Waals surface area contributed by atoms with Crippen molar-refractivity contribution in [1.29, 1.82) is 0 Å². The number of aromatic nitrogens is 3. The van der Waals surface area contributed by atoms with E-state index in [4.69, 9.17) is 0 Å². The van der Waals surface area contributed by atoms with E-state index >= 15 is 0 Å². The molecule has 3 aliphatic heterocycles. The molecule has 3 saturated heterocycles. The molecule has 0 spiro atoms. The van der Waals surface area contributed by atoms with Crippen molar-refractivity contribution < 1.29 is 22.8 Å². The van der Waals surface area contributed by atoms with Crippen LogP contribution in [0.1, 0.15) is 49.1 Å². The average Bonchev–Trinajstić information content (AvgIpc) is 3.72. The lowest BCUT2D eigenvalue weighted by Crippen LogP contribution is -2.49. The molecule has 3 aliphatic rings. The number of sulfonamides is 1. The zero-order valence-corrected chi connectivity index (χ0v) is 28.3. The molecule has 13 nitrogen and oxygen atoms in total. The fourth-order valence-corrected chi connectivity index (χ4v) is 9.03. The first-order valence-electron chi connectivity index (χ1n) is 16.3. The quantitative estimate of drug-likeness (QED) is 0.283. The first kappa shape index (κ1) is 32.4. The smallest absolute Gasteiger partial charge is 0.302 e. The summed E-state index contributed by atoms with van der Waals surface area (Å²) >= 11 is 1.36. The standard InChI is InChI=1S/C33H38N8O5S2/c1-38-28-20-25(5-6-27(28)30(37-38)41-17-11-29(42)35-33(41)44)23-7-13-39(14-8-23)21-22-3-2-4-26(19-22)48(45,46)40-15-9-24(10-16-40)31(43)36-32-34-12-18-47-32/h2-6,12,18-20,23-24H,7-11,13-17,21H2,1H3,(H,34,36,43)(H,35,42,44). The lowest BCUT2D eigenvalue weighted by molar-refractivity contribution is -0.121. The van der Waals surface area contributed by atoms with Gasteiger partial charge in [-0.05, 0) is 80.1 Å². The van der Waals surface area contributed by atoms with Crippen LogP contribution in [0.5, 0.6) is 0 Å². The van der Waals surface area contributed by atoms with E-state index in [2.05, 4.69) is 37.7 Å². The Kier molecular flexibility index (Phi) is 9.02. The molecular weight excluding hydrogens is 653 g/mol. The average molecular weight is 691 g/mol. The minimum Gasteiger partial charge on any atom is -0.302 e. The Morgan fingerprint density at radius 2 is 1.81 bits per heavy atom. The number of likely N-dealkylation sites (tertiary alicyclic amines) is 1. The maximum absolute atomic E-state index is 13.6. The highest BCUT2D eigenvalue weighted by molar-refractivity contribution is 7.89. The molecule has 0 bridgehead atoms. The number of rotatable bonds is 8. The van der Waals surface area contributed by atoms with E-state index in [1.165, 1.54) is 26.1 Å². The molecule has 3 fully saturated rings. The van der Waals surface area contributed by atoms with Crippen molar-refractivity contribution in [2.24, 2.45) is 13.0 Å². The van der Waals surface area contributed by atoms with E-state index in [1.54, 1.807) is 28.4 Å². The fraction of sp³-hybridized carbons (Fsp3) is 0.424. The van der Waals surface area contributed by atoms with Gasteiger partial charge in [0.25, 0.3) is 0 Å². The number of nitrogens with one attached hydrogen (secondary N) is 2. The molecular formula is C33H38N8O5S2. The first-order valence-corrected chi connectivity index (χ1v) is 18.6. The van der Waals surface area contributed by atoms with Crippen molar-refractivity contribution in [1.82, 2.24) is 29.3 Å². The van der Waals surface area contributed by atoms with Gasteiger partial charge in [0.1, 0.15) is 0 Å². The van der Waals surface area contributed by atoms with Gasteiger partial charge < -0.3 is 5.32 Å². The monoisotopic (exact) mass is 690 g/mol. The van der Waals surface area contributed by atoms with Crippen LogP contribution < -0.4 is 15.5 Å². The van der Waals surface area contributed by atoms with Crippen molar-refractivity contribution in [2.75, 3.05) is 42.9 Å². The maximum atomic E-state index is 13.6. The van der Waals surface area contributed by atoms with Crippen LogP contribution in [0.15, 0.2) is 58.9 Å². The number of hydrogen-bond donors (Lipinski definition) is 2. The molecule has 0 unspecified atom stereocenters. The summed E-state index contributed by atoms with van der Waals surface area (Å²) in [5.41, 5.74) is 3.13. The molecule has 4 amide bonds. The molecule has 5 heterocycles. The number of anilines is 2. The molecule has 15 heteroatoms. The third kappa shape index (κ3) is 6.59. The highest BCUT2D eigenvalue weighted by Crippen LogP contribution is 2.34. The molecule has 0 aliphatic carbocycles. The number of nitrogens with zero attached hydrogens (tertiary/aromatic N) is 6. The maximum Gasteiger partial charge on any atom is 0.329 e. The van der Waals surface area contributed by atoms with E-state index in [-0.39, 0.29) is 29.0 Å². The van der Waals surface area contributed by atoms with Gasteiger partial charge in [0.05, 0.1) is 10.4 Å². The van der Waals surface area contributed by atoms with E-state index in [1.807, 2.05) is 25.2 Å². The Morgan fingerprint density at radius 3 is 2.54 bits per heavy atom. The first-order chi connectivity index (χ1) is 23.2. The molecule has 48 heavy (non-hydrogen) atoms. The molecule has 2 aromatic carbocycles. The Hall–Kier alpha value is -4.18. The third-order valence-corrected chi connectivity index (χ3v) is 12.2. The number of thiazole rings is 1. The second-order valence-electron chi connectivity index (χ2n) is 12.7. The third-order valence-electron chi connectivity index (χ3n) is 9.65. The number of fused-ring (bicyclic) bond motifs is 1. The van der Waals surface area contributed by atoms with Gasteiger partial charge in [-0.15, -0.1) is 11.3 Å². The van der Waals surface area contributed by atoms with Crippen molar-refractivity contribution >= 4 is 61.1 Å². The number of urea groups is 1. The van der Waals surface area contributed by atoms with Crippen LogP contribution in [-0.2, 0) is 33.2 Å². The van der Waals surface area contributed by atoms with Crippen LogP contribution in [0.4, 0.5) is 15.7 Å². The summed E-state index contributed by atoms with van der Waals surface area (Å²) in [4.78, 5) is 45.0. The summed E-state index contributed by atoms with van der Waals surface area (Å²) in [5.74, 6) is 0.308. The predicted octanol–water partition coefficient (Wildman–Crippen LogP) is 3.90.